The Balaban J connectivity index is 2.39. The summed E-state index contributed by atoms with van der Waals surface area (Å²) in [6.45, 7) is 0. The second-order valence-corrected chi connectivity index (χ2v) is 2.23. The van der Waals surface area contributed by atoms with Crippen LogP contribution in [0.5, 0.6) is 0 Å². The Morgan fingerprint density at radius 1 is 1.38 bits per heavy atom. The van der Waals surface area contributed by atoms with E-state index in [1.54, 1.807) is 0 Å². The molecule has 0 saturated carbocycles. The van der Waals surface area contributed by atoms with Crippen molar-refractivity contribution in [2.45, 2.75) is 0 Å². The summed E-state index contributed by atoms with van der Waals surface area (Å²) < 4.78 is 1.61. The maximum Gasteiger partial charge on any atom is 0.376 e. The van der Waals surface area contributed by atoms with Gasteiger partial charge in [0.05, 0.1) is 0 Å². The molecule has 0 unspecified atom stereocenters. The number of rotatable bonds is 0. The van der Waals surface area contributed by atoms with Gasteiger partial charge in [-0.05, 0) is 32.5 Å². The molecule has 0 atom stereocenters. The summed E-state index contributed by atoms with van der Waals surface area (Å²) in [5.41, 5.74) is 0. The molecule has 0 spiro atoms. The zero-order chi connectivity index (χ0) is 9.26. The van der Waals surface area contributed by atoms with Crippen LogP contribution < -0.4 is 0 Å². The summed E-state index contributed by atoms with van der Waals surface area (Å²) in [7, 11) is 0. The van der Waals surface area contributed by atoms with Crippen LogP contribution in [0.15, 0.2) is 6.33 Å². The van der Waals surface area contributed by atoms with E-state index in [4.69, 9.17) is 11.6 Å². The second-order valence-electron chi connectivity index (χ2n) is 1.90. The first-order valence-electron chi connectivity index (χ1n) is 3.00. The molecule has 0 aliphatic rings. The van der Waals surface area contributed by atoms with Crippen LogP contribution in [0.4, 0.5) is 4.79 Å². The van der Waals surface area contributed by atoms with E-state index in [1.807, 2.05) is 0 Å². The van der Waals surface area contributed by atoms with E-state index in [0.717, 1.165) is 15.7 Å². The molecular weight excluding hydrogens is 200 g/mol. The number of tetrazole rings is 2. The SMILES string of the molecule is O=C(n1cnnn1)n1nnnc1Cl. The lowest BCUT2D eigenvalue weighted by molar-refractivity contribution is 0.237. The zero-order valence-corrected chi connectivity index (χ0v) is 6.70. The maximum atomic E-state index is 11.3. The van der Waals surface area contributed by atoms with E-state index in [2.05, 4.69) is 31.1 Å². The predicted octanol–water partition coefficient (Wildman–Crippen LogP) is -1.17. The Kier molecular flexibility index (Phi) is 1.70. The minimum atomic E-state index is -0.653. The normalized spacial score (nSPS) is 10.2. The Labute approximate surface area is 75.3 Å². The number of hydrogen-bond acceptors (Lipinski definition) is 7. The fourth-order valence-corrected chi connectivity index (χ4v) is 0.779. The van der Waals surface area contributed by atoms with Gasteiger partial charge in [-0.1, -0.05) is 5.10 Å². The molecule has 0 amide bonds. The Morgan fingerprint density at radius 2 is 2.23 bits per heavy atom. The summed E-state index contributed by atoms with van der Waals surface area (Å²) in [6.07, 6.45) is 1.11. The van der Waals surface area contributed by atoms with E-state index in [0.29, 0.717) is 0 Å². The third-order valence-electron chi connectivity index (χ3n) is 1.16. The van der Waals surface area contributed by atoms with Crippen molar-refractivity contribution in [2.24, 2.45) is 0 Å². The average Bonchev–Trinajstić information content (AvgIpc) is 2.72. The molecule has 0 saturated heterocycles. The summed E-state index contributed by atoms with van der Waals surface area (Å²) in [5.74, 6) is 0. The molecule has 9 nitrogen and oxygen atoms in total. The average molecular weight is 201 g/mol. The van der Waals surface area contributed by atoms with Gasteiger partial charge in [-0.15, -0.1) is 14.5 Å². The molecule has 2 aromatic rings. The van der Waals surface area contributed by atoms with Gasteiger partial charge in [0.25, 0.3) is 5.28 Å². The molecular formula is C3HClN8O. The van der Waals surface area contributed by atoms with Gasteiger partial charge in [0.2, 0.25) is 0 Å². The number of nitrogens with zero attached hydrogens (tertiary/aromatic N) is 8. The lowest BCUT2D eigenvalue weighted by Crippen LogP contribution is -2.21. The summed E-state index contributed by atoms with van der Waals surface area (Å²) in [5, 5.41) is 19.6. The minimum absolute atomic E-state index is 0.152. The van der Waals surface area contributed by atoms with Crippen LogP contribution in [0.3, 0.4) is 0 Å². The monoisotopic (exact) mass is 200 g/mol. The van der Waals surface area contributed by atoms with Gasteiger partial charge >= 0.3 is 6.03 Å². The molecule has 0 aromatic carbocycles. The van der Waals surface area contributed by atoms with E-state index in [-0.39, 0.29) is 5.28 Å². The lowest BCUT2D eigenvalue weighted by atomic mass is 10.9. The highest BCUT2D eigenvalue weighted by molar-refractivity contribution is 6.29. The molecule has 0 N–H and O–H groups in total. The van der Waals surface area contributed by atoms with Gasteiger partial charge in [-0.3, -0.25) is 0 Å². The Bertz CT molecular complexity index is 418. The molecule has 0 aliphatic heterocycles. The number of carbonyl (C=O) groups is 1. The molecule has 0 radical (unpaired) electrons. The van der Waals surface area contributed by atoms with Crippen molar-refractivity contribution in [1.82, 2.24) is 40.4 Å². The van der Waals surface area contributed by atoms with Crippen molar-refractivity contribution >= 4 is 17.6 Å². The first-order valence-corrected chi connectivity index (χ1v) is 3.38. The van der Waals surface area contributed by atoms with Crippen LogP contribution in [-0.4, -0.2) is 46.4 Å². The quantitative estimate of drug-likeness (QED) is 0.494. The summed E-state index contributed by atoms with van der Waals surface area (Å²) >= 11 is 5.48. The number of halogens is 1. The van der Waals surface area contributed by atoms with Crippen LogP contribution in [0.1, 0.15) is 0 Å². The van der Waals surface area contributed by atoms with E-state index in [1.165, 1.54) is 0 Å². The fraction of sp³-hybridized carbons (Fsp3) is 0. The highest BCUT2D eigenvalue weighted by Crippen LogP contribution is 1.99. The largest absolute Gasteiger partial charge is 0.376 e. The summed E-state index contributed by atoms with van der Waals surface area (Å²) in [6, 6.07) is -0.653. The Morgan fingerprint density at radius 3 is 2.77 bits per heavy atom. The van der Waals surface area contributed by atoms with Crippen molar-refractivity contribution < 1.29 is 4.79 Å². The topological polar surface area (TPSA) is 104 Å². The van der Waals surface area contributed by atoms with Crippen LogP contribution in [0, 0.1) is 0 Å². The van der Waals surface area contributed by atoms with Gasteiger partial charge in [-0.25, -0.2) is 4.79 Å². The van der Waals surface area contributed by atoms with Crippen molar-refractivity contribution in [3.63, 3.8) is 0 Å². The van der Waals surface area contributed by atoms with Gasteiger partial charge in [0.15, 0.2) is 0 Å². The highest BCUT2D eigenvalue weighted by Gasteiger charge is 2.14. The van der Waals surface area contributed by atoms with Gasteiger partial charge in [0, 0.05) is 0 Å². The third kappa shape index (κ3) is 1.24. The minimum Gasteiger partial charge on any atom is -0.243 e. The number of hydrogen-bond donors (Lipinski definition) is 0. The molecule has 2 rings (SSSR count). The standard InChI is InChI=1S/C3HClN8O/c4-2-6-8-10-12(2)3(13)11-1-5-7-9-11/h1H. The highest BCUT2D eigenvalue weighted by atomic mass is 35.5. The maximum absolute atomic E-state index is 11.3. The smallest absolute Gasteiger partial charge is 0.243 e. The second kappa shape index (κ2) is 2.86. The van der Waals surface area contributed by atoms with E-state index >= 15 is 0 Å². The summed E-state index contributed by atoms with van der Waals surface area (Å²) in [4.78, 5) is 11.3. The van der Waals surface area contributed by atoms with Crippen molar-refractivity contribution in [3.05, 3.63) is 11.6 Å². The van der Waals surface area contributed by atoms with Crippen molar-refractivity contribution in [2.75, 3.05) is 0 Å². The van der Waals surface area contributed by atoms with Crippen molar-refractivity contribution in [1.29, 1.82) is 0 Å². The number of aromatic nitrogens is 8. The van der Waals surface area contributed by atoms with Crippen molar-refractivity contribution in [3.8, 4) is 0 Å². The van der Waals surface area contributed by atoms with E-state index < -0.39 is 6.03 Å². The van der Waals surface area contributed by atoms with E-state index in [9.17, 15) is 4.79 Å². The molecule has 0 aliphatic carbocycles. The third-order valence-corrected chi connectivity index (χ3v) is 1.39. The molecule has 66 valence electrons. The van der Waals surface area contributed by atoms with Crippen LogP contribution in [0.2, 0.25) is 5.28 Å². The number of carbonyl (C=O) groups excluding carboxylic acids is 1. The van der Waals surface area contributed by atoms with Gasteiger partial charge < -0.3 is 0 Å². The molecule has 0 fully saturated rings. The molecule has 2 aromatic heterocycles. The predicted molar refractivity (Wildman–Crippen MR) is 36.8 cm³/mol. The Hall–Kier alpha value is -1.90. The first kappa shape index (κ1) is 7.73. The molecule has 0 bridgehead atoms. The molecule has 10 heteroatoms. The first-order chi connectivity index (χ1) is 6.29. The molecule has 2 heterocycles. The lowest BCUT2D eigenvalue weighted by Gasteiger charge is -1.94. The van der Waals surface area contributed by atoms with Crippen LogP contribution >= 0.6 is 11.6 Å². The molecule has 13 heavy (non-hydrogen) atoms. The van der Waals surface area contributed by atoms with Crippen LogP contribution in [0.25, 0.3) is 0 Å². The van der Waals surface area contributed by atoms with Crippen LogP contribution in [-0.2, 0) is 0 Å². The van der Waals surface area contributed by atoms with Gasteiger partial charge in [-0.2, -0.15) is 0 Å². The zero-order valence-electron chi connectivity index (χ0n) is 5.94. The van der Waals surface area contributed by atoms with Gasteiger partial charge in [0.1, 0.15) is 6.33 Å². The fourth-order valence-electron chi connectivity index (χ4n) is 0.639.